The molecule has 0 spiro atoms. The molecule has 0 aliphatic carbocycles. The van der Waals surface area contributed by atoms with Crippen LogP contribution in [0.4, 0.5) is 11.7 Å². The standard InChI is InChI=1S/C23H18N4O5/c1-30-16-10-8-15(9-11-16)22-26-27-23(32-22)25-21(29)18-6-2-3-7-19(18)24-20(28)13-12-17-5-4-14-31-17/h2-14H,1H3,(H,24,28)(H,25,27,29)/b13-12+. The Labute approximate surface area is 182 Å². The van der Waals surface area contributed by atoms with Crippen molar-refractivity contribution in [2.45, 2.75) is 0 Å². The number of hydrogen-bond acceptors (Lipinski definition) is 7. The Morgan fingerprint density at radius 3 is 2.53 bits per heavy atom. The summed E-state index contributed by atoms with van der Waals surface area (Å²) in [5, 5.41) is 13.0. The number of carbonyl (C=O) groups excluding carboxylic acids is 2. The van der Waals surface area contributed by atoms with Crippen molar-refractivity contribution in [3.63, 3.8) is 0 Å². The van der Waals surface area contributed by atoms with Crippen molar-refractivity contribution in [2.75, 3.05) is 17.7 Å². The highest BCUT2D eigenvalue weighted by atomic mass is 16.5. The zero-order valence-corrected chi connectivity index (χ0v) is 16.9. The molecule has 9 nitrogen and oxygen atoms in total. The molecule has 2 aromatic carbocycles. The summed E-state index contributed by atoms with van der Waals surface area (Å²) in [6.45, 7) is 0. The van der Waals surface area contributed by atoms with Crippen LogP contribution in [0.1, 0.15) is 16.1 Å². The lowest BCUT2D eigenvalue weighted by molar-refractivity contribution is -0.111. The van der Waals surface area contributed by atoms with E-state index in [9.17, 15) is 9.59 Å². The first-order valence-electron chi connectivity index (χ1n) is 9.53. The van der Waals surface area contributed by atoms with Gasteiger partial charge >= 0.3 is 6.01 Å². The molecule has 0 saturated heterocycles. The molecule has 4 aromatic rings. The van der Waals surface area contributed by atoms with Gasteiger partial charge in [0.05, 0.1) is 24.6 Å². The SMILES string of the molecule is COc1ccc(-c2nnc(NC(=O)c3ccccc3NC(=O)/C=C/c3ccco3)o2)cc1. The zero-order valence-electron chi connectivity index (χ0n) is 16.9. The molecular weight excluding hydrogens is 412 g/mol. The summed E-state index contributed by atoms with van der Waals surface area (Å²) in [4.78, 5) is 25.0. The number of aromatic nitrogens is 2. The molecule has 0 fully saturated rings. The first-order chi connectivity index (χ1) is 15.6. The fraction of sp³-hybridized carbons (Fsp3) is 0.0435. The Morgan fingerprint density at radius 1 is 0.969 bits per heavy atom. The summed E-state index contributed by atoms with van der Waals surface area (Å²) in [5.41, 5.74) is 1.24. The molecule has 0 aliphatic heterocycles. The Hall–Kier alpha value is -4.66. The maximum atomic E-state index is 12.8. The molecule has 32 heavy (non-hydrogen) atoms. The lowest BCUT2D eigenvalue weighted by atomic mass is 10.1. The fourth-order valence-corrected chi connectivity index (χ4v) is 2.80. The average Bonchev–Trinajstić information content (AvgIpc) is 3.50. The highest BCUT2D eigenvalue weighted by Gasteiger charge is 2.16. The van der Waals surface area contributed by atoms with Crippen LogP contribution >= 0.6 is 0 Å². The first kappa shape index (κ1) is 20.6. The summed E-state index contributed by atoms with van der Waals surface area (Å²) in [6, 6.07) is 17.0. The second-order valence-corrected chi connectivity index (χ2v) is 6.48. The van der Waals surface area contributed by atoms with Crippen LogP contribution in [0.2, 0.25) is 0 Å². The number of benzene rings is 2. The minimum absolute atomic E-state index is 0.0698. The van der Waals surface area contributed by atoms with Crippen LogP contribution in [0, 0.1) is 0 Å². The van der Waals surface area contributed by atoms with E-state index in [0.717, 1.165) is 0 Å². The zero-order chi connectivity index (χ0) is 22.3. The number of furan rings is 1. The number of carbonyl (C=O) groups is 2. The molecule has 0 atom stereocenters. The van der Waals surface area contributed by atoms with Crippen molar-refractivity contribution in [2.24, 2.45) is 0 Å². The van der Waals surface area contributed by atoms with Crippen molar-refractivity contribution in [3.8, 4) is 17.2 Å². The monoisotopic (exact) mass is 430 g/mol. The largest absolute Gasteiger partial charge is 0.497 e. The highest BCUT2D eigenvalue weighted by molar-refractivity contribution is 6.11. The van der Waals surface area contributed by atoms with Crippen molar-refractivity contribution in [1.82, 2.24) is 10.2 Å². The minimum atomic E-state index is -0.513. The Morgan fingerprint density at radius 2 is 1.78 bits per heavy atom. The van der Waals surface area contributed by atoms with Crippen LogP contribution < -0.4 is 15.4 Å². The first-order valence-corrected chi connectivity index (χ1v) is 9.53. The lowest BCUT2D eigenvalue weighted by Crippen LogP contribution is -2.17. The van der Waals surface area contributed by atoms with Gasteiger partial charge in [0.2, 0.25) is 11.8 Å². The van der Waals surface area contributed by atoms with Crippen LogP contribution in [-0.2, 0) is 4.79 Å². The van der Waals surface area contributed by atoms with E-state index in [2.05, 4.69) is 20.8 Å². The molecule has 2 amide bonds. The number of hydrogen-bond donors (Lipinski definition) is 2. The van der Waals surface area contributed by atoms with E-state index >= 15 is 0 Å². The molecule has 0 unspecified atom stereocenters. The molecule has 9 heteroatoms. The second-order valence-electron chi connectivity index (χ2n) is 6.48. The van der Waals surface area contributed by atoms with Crippen LogP contribution in [0.25, 0.3) is 17.5 Å². The van der Waals surface area contributed by atoms with E-state index in [0.29, 0.717) is 22.8 Å². The average molecular weight is 430 g/mol. The summed E-state index contributed by atoms with van der Waals surface area (Å²) in [5.74, 6) is 0.546. The number of rotatable bonds is 7. The molecular formula is C23H18N4O5. The fourth-order valence-electron chi connectivity index (χ4n) is 2.80. The summed E-state index contributed by atoms with van der Waals surface area (Å²) < 4.78 is 15.8. The maximum absolute atomic E-state index is 12.8. The van der Waals surface area contributed by atoms with Gasteiger partial charge in [0, 0.05) is 11.6 Å². The summed E-state index contributed by atoms with van der Waals surface area (Å²) in [6.07, 6.45) is 4.35. The van der Waals surface area contributed by atoms with Crippen molar-refractivity contribution in [3.05, 3.63) is 84.3 Å². The van der Waals surface area contributed by atoms with Crippen molar-refractivity contribution < 1.29 is 23.2 Å². The molecule has 2 N–H and O–H groups in total. The molecule has 0 bridgehead atoms. The molecule has 0 radical (unpaired) electrons. The Kier molecular flexibility index (Phi) is 6.08. The second kappa shape index (κ2) is 9.43. The van der Waals surface area contributed by atoms with E-state index in [1.165, 1.54) is 18.4 Å². The van der Waals surface area contributed by atoms with E-state index in [1.807, 2.05) is 0 Å². The van der Waals surface area contributed by atoms with E-state index in [1.54, 1.807) is 67.8 Å². The Bertz CT molecular complexity index is 1240. The van der Waals surface area contributed by atoms with Crippen LogP contribution in [-0.4, -0.2) is 29.1 Å². The number of methoxy groups -OCH3 is 1. The highest BCUT2D eigenvalue weighted by Crippen LogP contribution is 2.23. The number of para-hydroxylation sites is 1. The van der Waals surface area contributed by atoms with Gasteiger partial charge in [-0.2, -0.15) is 0 Å². The van der Waals surface area contributed by atoms with Crippen LogP contribution in [0.3, 0.4) is 0 Å². The third-order valence-electron chi connectivity index (χ3n) is 4.35. The van der Waals surface area contributed by atoms with Gasteiger partial charge in [-0.05, 0) is 54.6 Å². The number of nitrogens with one attached hydrogen (secondary N) is 2. The summed E-state index contributed by atoms with van der Waals surface area (Å²) >= 11 is 0. The van der Waals surface area contributed by atoms with Crippen molar-refractivity contribution >= 4 is 29.6 Å². The molecule has 2 aromatic heterocycles. The number of ether oxygens (including phenoxy) is 1. The van der Waals surface area contributed by atoms with E-state index in [4.69, 9.17) is 13.6 Å². The van der Waals surface area contributed by atoms with Gasteiger partial charge < -0.3 is 18.9 Å². The van der Waals surface area contributed by atoms with E-state index in [-0.39, 0.29) is 17.5 Å². The molecule has 0 saturated carbocycles. The Balaban J connectivity index is 1.45. The number of anilines is 2. The molecule has 160 valence electrons. The smallest absolute Gasteiger partial charge is 0.322 e. The van der Waals surface area contributed by atoms with Gasteiger partial charge in [-0.25, -0.2) is 0 Å². The van der Waals surface area contributed by atoms with Crippen LogP contribution in [0.15, 0.2) is 81.8 Å². The number of nitrogens with zero attached hydrogens (tertiary/aromatic N) is 2. The minimum Gasteiger partial charge on any atom is -0.497 e. The van der Waals surface area contributed by atoms with Gasteiger partial charge in [-0.15, -0.1) is 5.10 Å². The topological polar surface area (TPSA) is 119 Å². The predicted octanol–water partition coefficient (Wildman–Crippen LogP) is 4.24. The normalized spacial score (nSPS) is 10.8. The lowest BCUT2D eigenvalue weighted by Gasteiger charge is -2.08. The molecule has 0 aliphatic rings. The van der Waals surface area contributed by atoms with Gasteiger partial charge in [-0.3, -0.25) is 14.9 Å². The quantitative estimate of drug-likeness (QED) is 0.421. The van der Waals surface area contributed by atoms with Gasteiger partial charge in [0.15, 0.2) is 0 Å². The summed E-state index contributed by atoms with van der Waals surface area (Å²) in [7, 11) is 1.57. The third-order valence-corrected chi connectivity index (χ3v) is 4.35. The van der Waals surface area contributed by atoms with Gasteiger partial charge in [0.1, 0.15) is 11.5 Å². The molecule has 4 rings (SSSR count). The van der Waals surface area contributed by atoms with Gasteiger partial charge in [-0.1, -0.05) is 17.2 Å². The maximum Gasteiger partial charge on any atom is 0.322 e. The van der Waals surface area contributed by atoms with Crippen LogP contribution in [0.5, 0.6) is 5.75 Å². The van der Waals surface area contributed by atoms with E-state index < -0.39 is 11.8 Å². The molecule has 2 heterocycles. The van der Waals surface area contributed by atoms with Gasteiger partial charge in [0.25, 0.3) is 5.91 Å². The van der Waals surface area contributed by atoms with Crippen molar-refractivity contribution in [1.29, 1.82) is 0 Å². The number of amides is 2. The predicted molar refractivity (Wildman–Crippen MR) is 117 cm³/mol. The third kappa shape index (κ3) is 4.90.